The molecule has 2 aromatic rings. The van der Waals surface area contributed by atoms with E-state index in [9.17, 15) is 4.79 Å². The number of hydrogen-bond donors (Lipinski definition) is 0. The summed E-state index contributed by atoms with van der Waals surface area (Å²) >= 11 is 6.83. The number of amides is 1. The van der Waals surface area contributed by atoms with Gasteiger partial charge < -0.3 is 4.90 Å². The smallest absolute Gasteiger partial charge is 0.266 e. The van der Waals surface area contributed by atoms with Gasteiger partial charge in [0.05, 0.1) is 10.9 Å². The Morgan fingerprint density at radius 2 is 1.72 bits per heavy atom. The van der Waals surface area contributed by atoms with Gasteiger partial charge in [0.25, 0.3) is 5.91 Å². The Bertz CT molecular complexity index is 813. The minimum Gasteiger partial charge on any atom is -0.378 e. The number of carbonyl (C=O) groups is 1. The van der Waals surface area contributed by atoms with E-state index in [1.807, 2.05) is 86.6 Å². The fourth-order valence-corrected chi connectivity index (χ4v) is 4.13. The first-order valence-corrected chi connectivity index (χ1v) is 9.29. The molecule has 1 saturated heterocycles. The van der Waals surface area contributed by atoms with Crippen molar-refractivity contribution in [1.29, 1.82) is 0 Å². The standard InChI is InChI=1S/C20H20N2OS2/c1-14(16-7-5-4-6-8-16)22-19(23)18(25-20(22)24)13-15-9-11-17(12-10-15)21(2)3/h4-14H,1-3H3/b18-13-/t14-/m1/s1. The number of carbonyl (C=O) groups excluding carboxylic acids is 1. The number of anilines is 1. The molecule has 0 aliphatic carbocycles. The lowest BCUT2D eigenvalue weighted by atomic mass is 10.1. The van der Waals surface area contributed by atoms with E-state index < -0.39 is 0 Å². The Hall–Kier alpha value is -2.11. The molecule has 1 aliphatic rings. The van der Waals surface area contributed by atoms with Crippen LogP contribution < -0.4 is 4.90 Å². The van der Waals surface area contributed by atoms with Gasteiger partial charge in [-0.1, -0.05) is 66.4 Å². The number of benzene rings is 2. The lowest BCUT2D eigenvalue weighted by molar-refractivity contribution is -0.123. The Morgan fingerprint density at radius 3 is 2.32 bits per heavy atom. The molecule has 2 aromatic carbocycles. The molecule has 128 valence electrons. The molecule has 1 atom stereocenters. The quantitative estimate of drug-likeness (QED) is 0.576. The second-order valence-electron chi connectivity index (χ2n) is 6.12. The zero-order valence-electron chi connectivity index (χ0n) is 14.5. The van der Waals surface area contributed by atoms with Gasteiger partial charge in [-0.15, -0.1) is 0 Å². The molecule has 1 heterocycles. The Balaban J connectivity index is 1.83. The molecule has 0 N–H and O–H groups in total. The van der Waals surface area contributed by atoms with Crippen molar-refractivity contribution in [3.63, 3.8) is 0 Å². The monoisotopic (exact) mass is 368 g/mol. The van der Waals surface area contributed by atoms with Crippen molar-refractivity contribution < 1.29 is 4.79 Å². The number of thioether (sulfide) groups is 1. The van der Waals surface area contributed by atoms with E-state index in [0.29, 0.717) is 9.23 Å². The lowest BCUT2D eigenvalue weighted by Crippen LogP contribution is -2.30. The van der Waals surface area contributed by atoms with Crippen LogP contribution in [0.2, 0.25) is 0 Å². The summed E-state index contributed by atoms with van der Waals surface area (Å²) in [5, 5.41) is 0. The van der Waals surface area contributed by atoms with Gasteiger partial charge in [-0.3, -0.25) is 9.69 Å². The van der Waals surface area contributed by atoms with Crippen molar-refractivity contribution in [1.82, 2.24) is 4.90 Å². The summed E-state index contributed by atoms with van der Waals surface area (Å²) in [6.45, 7) is 2.01. The number of rotatable bonds is 4. The number of hydrogen-bond acceptors (Lipinski definition) is 4. The molecular weight excluding hydrogens is 348 g/mol. The highest BCUT2D eigenvalue weighted by Gasteiger charge is 2.35. The predicted octanol–water partition coefficient (Wildman–Crippen LogP) is 4.72. The zero-order chi connectivity index (χ0) is 18.0. The summed E-state index contributed by atoms with van der Waals surface area (Å²) in [7, 11) is 4.01. The molecule has 3 rings (SSSR count). The third-order valence-electron chi connectivity index (χ3n) is 4.20. The molecule has 0 bridgehead atoms. The normalized spacial score (nSPS) is 17.2. The van der Waals surface area contributed by atoms with Crippen LogP contribution in [-0.4, -0.2) is 29.2 Å². The summed E-state index contributed by atoms with van der Waals surface area (Å²) in [6.07, 6.45) is 1.91. The number of nitrogens with zero attached hydrogens (tertiary/aromatic N) is 2. The molecule has 3 nitrogen and oxygen atoms in total. The minimum absolute atomic E-state index is 0.0250. The minimum atomic E-state index is -0.0734. The van der Waals surface area contributed by atoms with Crippen LogP contribution in [-0.2, 0) is 4.79 Å². The van der Waals surface area contributed by atoms with E-state index in [-0.39, 0.29) is 11.9 Å². The molecule has 0 radical (unpaired) electrons. The summed E-state index contributed by atoms with van der Waals surface area (Å²) in [5.41, 5.74) is 3.20. The van der Waals surface area contributed by atoms with Crippen LogP contribution in [0, 0.1) is 0 Å². The Morgan fingerprint density at radius 1 is 1.08 bits per heavy atom. The molecular formula is C20H20N2OS2. The van der Waals surface area contributed by atoms with Crippen molar-refractivity contribution in [3.05, 3.63) is 70.6 Å². The van der Waals surface area contributed by atoms with Gasteiger partial charge in [0, 0.05) is 19.8 Å². The van der Waals surface area contributed by atoms with Crippen molar-refractivity contribution in [2.45, 2.75) is 13.0 Å². The molecule has 1 aliphatic heterocycles. The second kappa shape index (κ2) is 7.42. The average molecular weight is 369 g/mol. The first-order valence-electron chi connectivity index (χ1n) is 8.07. The molecule has 5 heteroatoms. The van der Waals surface area contributed by atoms with Gasteiger partial charge in [0.1, 0.15) is 4.32 Å². The largest absolute Gasteiger partial charge is 0.378 e. The van der Waals surface area contributed by atoms with Gasteiger partial charge in [-0.2, -0.15) is 0 Å². The van der Waals surface area contributed by atoms with Crippen molar-refractivity contribution in [2.75, 3.05) is 19.0 Å². The van der Waals surface area contributed by atoms with E-state index >= 15 is 0 Å². The SMILES string of the molecule is C[C@H](c1ccccc1)N1C(=O)/C(=C/c2ccc(N(C)C)cc2)SC1=S. The van der Waals surface area contributed by atoms with Gasteiger partial charge in [-0.05, 0) is 36.3 Å². The highest BCUT2D eigenvalue weighted by molar-refractivity contribution is 8.26. The maximum Gasteiger partial charge on any atom is 0.266 e. The van der Waals surface area contributed by atoms with Crippen molar-refractivity contribution in [2.24, 2.45) is 0 Å². The van der Waals surface area contributed by atoms with E-state index in [1.165, 1.54) is 11.8 Å². The van der Waals surface area contributed by atoms with Crippen LogP contribution in [0.25, 0.3) is 6.08 Å². The van der Waals surface area contributed by atoms with Crippen LogP contribution in [0.4, 0.5) is 5.69 Å². The van der Waals surface area contributed by atoms with Crippen LogP contribution in [0.1, 0.15) is 24.1 Å². The van der Waals surface area contributed by atoms with Crippen molar-refractivity contribution >= 4 is 46.0 Å². The summed E-state index contributed by atoms with van der Waals surface area (Å²) in [6, 6.07) is 18.0. The topological polar surface area (TPSA) is 23.6 Å². The van der Waals surface area contributed by atoms with E-state index in [2.05, 4.69) is 0 Å². The van der Waals surface area contributed by atoms with Crippen LogP contribution in [0.3, 0.4) is 0 Å². The molecule has 1 amide bonds. The highest BCUT2D eigenvalue weighted by atomic mass is 32.2. The zero-order valence-corrected chi connectivity index (χ0v) is 16.1. The molecule has 0 saturated carbocycles. The second-order valence-corrected chi connectivity index (χ2v) is 7.80. The van der Waals surface area contributed by atoms with Crippen LogP contribution in [0.15, 0.2) is 59.5 Å². The molecule has 0 spiro atoms. The molecule has 0 unspecified atom stereocenters. The molecule has 1 fully saturated rings. The van der Waals surface area contributed by atoms with E-state index in [0.717, 1.165) is 16.8 Å². The Labute approximate surface area is 158 Å². The lowest BCUT2D eigenvalue weighted by Gasteiger charge is -2.23. The van der Waals surface area contributed by atoms with Crippen molar-refractivity contribution in [3.8, 4) is 0 Å². The van der Waals surface area contributed by atoms with Gasteiger partial charge in [0.2, 0.25) is 0 Å². The highest BCUT2D eigenvalue weighted by Crippen LogP contribution is 2.38. The average Bonchev–Trinajstić information content (AvgIpc) is 2.89. The Kier molecular flexibility index (Phi) is 5.25. The van der Waals surface area contributed by atoms with Crippen LogP contribution >= 0.6 is 24.0 Å². The third kappa shape index (κ3) is 3.78. The molecule has 0 aromatic heterocycles. The number of thiocarbonyl (C=S) groups is 1. The van der Waals surface area contributed by atoms with Gasteiger partial charge >= 0.3 is 0 Å². The fourth-order valence-electron chi connectivity index (χ4n) is 2.71. The third-order valence-corrected chi connectivity index (χ3v) is 5.53. The predicted molar refractivity (Wildman–Crippen MR) is 111 cm³/mol. The van der Waals surface area contributed by atoms with Crippen LogP contribution in [0.5, 0.6) is 0 Å². The van der Waals surface area contributed by atoms with E-state index in [1.54, 1.807) is 4.90 Å². The summed E-state index contributed by atoms with van der Waals surface area (Å²) < 4.78 is 0.609. The summed E-state index contributed by atoms with van der Waals surface area (Å²) in [5.74, 6) is -0.0250. The maximum absolute atomic E-state index is 12.9. The summed E-state index contributed by atoms with van der Waals surface area (Å²) in [4.78, 5) is 17.3. The van der Waals surface area contributed by atoms with Gasteiger partial charge in [0.15, 0.2) is 0 Å². The fraction of sp³-hybridized carbons (Fsp3) is 0.200. The first-order chi connectivity index (χ1) is 12.0. The van der Waals surface area contributed by atoms with Gasteiger partial charge in [-0.25, -0.2) is 0 Å². The van der Waals surface area contributed by atoms with E-state index in [4.69, 9.17) is 12.2 Å². The maximum atomic E-state index is 12.9. The first kappa shape index (κ1) is 17.7. The molecule has 25 heavy (non-hydrogen) atoms.